The fourth-order valence-electron chi connectivity index (χ4n) is 2.72. The predicted octanol–water partition coefficient (Wildman–Crippen LogP) is 1.78. The van der Waals surface area contributed by atoms with Gasteiger partial charge < -0.3 is 4.52 Å². The van der Waals surface area contributed by atoms with Crippen molar-refractivity contribution in [2.75, 3.05) is 19.3 Å². The number of aromatic nitrogens is 2. The van der Waals surface area contributed by atoms with Gasteiger partial charge in [0.1, 0.15) is 0 Å². The van der Waals surface area contributed by atoms with E-state index in [4.69, 9.17) is 4.52 Å². The van der Waals surface area contributed by atoms with Crippen LogP contribution in [0.25, 0.3) is 11.4 Å². The molecule has 0 bridgehead atoms. The van der Waals surface area contributed by atoms with E-state index >= 15 is 0 Å². The van der Waals surface area contributed by atoms with E-state index in [2.05, 4.69) is 10.1 Å². The second-order valence-corrected chi connectivity index (χ2v) is 7.71. The van der Waals surface area contributed by atoms with Crippen LogP contribution in [-0.2, 0) is 10.0 Å². The molecule has 1 aliphatic heterocycles. The highest BCUT2D eigenvalue weighted by molar-refractivity contribution is 7.88. The summed E-state index contributed by atoms with van der Waals surface area (Å²) in [6.45, 7) is 0.788. The summed E-state index contributed by atoms with van der Waals surface area (Å²) in [4.78, 5) is 14.7. The first kappa shape index (κ1) is 16.5. The van der Waals surface area contributed by atoms with Crippen molar-refractivity contribution < 1.29 is 17.9 Å². The zero-order valence-electron chi connectivity index (χ0n) is 13.0. The first-order valence-electron chi connectivity index (χ1n) is 7.38. The second-order valence-electron chi connectivity index (χ2n) is 5.72. The van der Waals surface area contributed by atoms with Crippen LogP contribution in [0.3, 0.4) is 0 Å². The number of nitro groups is 1. The topological polar surface area (TPSA) is 119 Å². The summed E-state index contributed by atoms with van der Waals surface area (Å²) in [6.07, 6.45) is 2.65. The minimum absolute atomic E-state index is 0.0558. The van der Waals surface area contributed by atoms with E-state index in [0.717, 1.165) is 6.42 Å². The van der Waals surface area contributed by atoms with Gasteiger partial charge >= 0.3 is 0 Å². The number of hydrogen-bond donors (Lipinski definition) is 0. The van der Waals surface area contributed by atoms with Crippen molar-refractivity contribution >= 4 is 15.7 Å². The first-order chi connectivity index (χ1) is 11.3. The van der Waals surface area contributed by atoms with E-state index in [9.17, 15) is 18.5 Å². The molecule has 1 aromatic carbocycles. The highest BCUT2D eigenvalue weighted by Crippen LogP contribution is 2.29. The van der Waals surface area contributed by atoms with Gasteiger partial charge in [-0.3, -0.25) is 10.1 Å². The lowest BCUT2D eigenvalue weighted by Crippen LogP contribution is -2.38. The lowest BCUT2D eigenvalue weighted by atomic mass is 10.00. The summed E-state index contributed by atoms with van der Waals surface area (Å²) in [5.74, 6) is 0.434. The van der Waals surface area contributed by atoms with E-state index in [1.165, 1.54) is 22.7 Å². The molecule has 1 unspecified atom stereocenters. The first-order valence-corrected chi connectivity index (χ1v) is 9.23. The maximum absolute atomic E-state index is 11.7. The highest BCUT2D eigenvalue weighted by Gasteiger charge is 2.30. The summed E-state index contributed by atoms with van der Waals surface area (Å²) in [5, 5.41) is 14.7. The SMILES string of the molecule is CS(=O)(=O)N1CCCC(c2nc(-c3cccc([N+](=O)[O-])c3)no2)C1. The normalized spacial score (nSPS) is 19.3. The molecule has 2 aromatic rings. The van der Waals surface area contributed by atoms with Gasteiger partial charge in [-0.15, -0.1) is 0 Å². The number of hydrogen-bond acceptors (Lipinski definition) is 7. The average Bonchev–Trinajstić information content (AvgIpc) is 3.04. The van der Waals surface area contributed by atoms with Crippen LogP contribution in [0.1, 0.15) is 24.7 Å². The van der Waals surface area contributed by atoms with Crippen LogP contribution in [0, 0.1) is 10.1 Å². The molecule has 0 saturated carbocycles. The van der Waals surface area contributed by atoms with Gasteiger partial charge in [-0.1, -0.05) is 17.3 Å². The number of non-ortho nitro benzene ring substituents is 1. The van der Waals surface area contributed by atoms with Gasteiger partial charge in [-0.25, -0.2) is 12.7 Å². The van der Waals surface area contributed by atoms with Crippen LogP contribution in [0.5, 0.6) is 0 Å². The summed E-state index contributed by atoms with van der Waals surface area (Å²) >= 11 is 0. The Balaban J connectivity index is 1.83. The zero-order chi connectivity index (χ0) is 17.3. The van der Waals surface area contributed by atoms with Crippen molar-refractivity contribution in [1.29, 1.82) is 0 Å². The van der Waals surface area contributed by atoms with E-state index in [0.29, 0.717) is 31.0 Å². The molecule has 128 valence electrons. The van der Waals surface area contributed by atoms with Gasteiger partial charge in [-0.2, -0.15) is 4.98 Å². The smallest absolute Gasteiger partial charge is 0.270 e. The molecule has 1 fully saturated rings. The van der Waals surface area contributed by atoms with E-state index in [-0.39, 0.29) is 17.4 Å². The molecule has 3 rings (SSSR count). The Morgan fingerprint density at radius 1 is 1.42 bits per heavy atom. The Hall–Kier alpha value is -2.33. The Morgan fingerprint density at radius 2 is 2.21 bits per heavy atom. The van der Waals surface area contributed by atoms with Gasteiger partial charge in [0.25, 0.3) is 5.69 Å². The lowest BCUT2D eigenvalue weighted by molar-refractivity contribution is -0.384. The molecule has 1 saturated heterocycles. The molecule has 1 aromatic heterocycles. The third-order valence-electron chi connectivity index (χ3n) is 3.96. The van der Waals surface area contributed by atoms with Crippen LogP contribution in [-0.4, -0.2) is 47.1 Å². The number of nitro benzene ring substituents is 1. The summed E-state index contributed by atoms with van der Waals surface area (Å²) in [6, 6.07) is 5.97. The van der Waals surface area contributed by atoms with Crippen LogP contribution in [0.15, 0.2) is 28.8 Å². The molecule has 1 aliphatic rings. The van der Waals surface area contributed by atoms with Gasteiger partial charge in [0.05, 0.1) is 17.1 Å². The number of nitrogens with zero attached hydrogens (tertiary/aromatic N) is 4. The Morgan fingerprint density at radius 3 is 2.92 bits per heavy atom. The van der Waals surface area contributed by atoms with Crippen LogP contribution < -0.4 is 0 Å². The molecule has 0 spiro atoms. The molecule has 2 heterocycles. The van der Waals surface area contributed by atoms with E-state index < -0.39 is 14.9 Å². The van der Waals surface area contributed by atoms with Gasteiger partial charge in [0.15, 0.2) is 0 Å². The number of benzene rings is 1. The molecule has 0 amide bonds. The average molecular weight is 352 g/mol. The molecular weight excluding hydrogens is 336 g/mol. The molecule has 10 heteroatoms. The predicted molar refractivity (Wildman–Crippen MR) is 84.8 cm³/mol. The Kier molecular flexibility index (Phi) is 4.33. The van der Waals surface area contributed by atoms with Crippen LogP contribution in [0.4, 0.5) is 5.69 Å². The van der Waals surface area contributed by atoms with E-state index in [1.54, 1.807) is 12.1 Å². The summed E-state index contributed by atoms with van der Waals surface area (Å²) in [5.41, 5.74) is 0.426. The third kappa shape index (κ3) is 3.44. The standard InChI is InChI=1S/C14H16N4O5S/c1-24(21,22)17-7-3-5-11(9-17)14-15-13(16-23-14)10-4-2-6-12(8-10)18(19)20/h2,4,6,8,11H,3,5,7,9H2,1H3. The largest absolute Gasteiger partial charge is 0.339 e. The minimum Gasteiger partial charge on any atom is -0.339 e. The fourth-order valence-corrected chi connectivity index (χ4v) is 3.63. The van der Waals surface area contributed by atoms with Crippen molar-refractivity contribution in [1.82, 2.24) is 14.4 Å². The quantitative estimate of drug-likeness (QED) is 0.607. The fraction of sp³-hybridized carbons (Fsp3) is 0.429. The molecule has 9 nitrogen and oxygen atoms in total. The number of sulfonamides is 1. The van der Waals surface area contributed by atoms with Crippen molar-refractivity contribution in [3.05, 3.63) is 40.3 Å². The lowest BCUT2D eigenvalue weighted by Gasteiger charge is -2.28. The van der Waals surface area contributed by atoms with Gasteiger partial charge in [-0.05, 0) is 12.8 Å². The van der Waals surface area contributed by atoms with Crippen molar-refractivity contribution in [3.8, 4) is 11.4 Å². The van der Waals surface area contributed by atoms with E-state index in [1.807, 2.05) is 0 Å². The second kappa shape index (κ2) is 6.29. The minimum atomic E-state index is -3.26. The van der Waals surface area contributed by atoms with Crippen LogP contribution >= 0.6 is 0 Å². The van der Waals surface area contributed by atoms with Gasteiger partial charge in [0, 0.05) is 30.8 Å². The maximum Gasteiger partial charge on any atom is 0.270 e. The van der Waals surface area contributed by atoms with Crippen molar-refractivity contribution in [2.24, 2.45) is 0 Å². The molecular formula is C14H16N4O5S. The van der Waals surface area contributed by atoms with Gasteiger partial charge in [0.2, 0.25) is 21.7 Å². The Bertz CT molecular complexity index is 864. The third-order valence-corrected chi connectivity index (χ3v) is 5.23. The maximum atomic E-state index is 11.7. The van der Waals surface area contributed by atoms with Crippen molar-refractivity contribution in [2.45, 2.75) is 18.8 Å². The highest BCUT2D eigenvalue weighted by atomic mass is 32.2. The molecule has 24 heavy (non-hydrogen) atoms. The van der Waals surface area contributed by atoms with Crippen LogP contribution in [0.2, 0.25) is 0 Å². The monoisotopic (exact) mass is 352 g/mol. The number of rotatable bonds is 4. The summed E-state index contributed by atoms with van der Waals surface area (Å²) < 4.78 is 30.0. The molecule has 0 aliphatic carbocycles. The molecule has 0 N–H and O–H groups in total. The molecule has 0 radical (unpaired) electrons. The summed E-state index contributed by atoms with van der Waals surface area (Å²) in [7, 11) is -3.26. The zero-order valence-corrected chi connectivity index (χ0v) is 13.8. The molecule has 1 atom stereocenters. The number of piperidine rings is 1. The van der Waals surface area contributed by atoms with Crippen molar-refractivity contribution in [3.63, 3.8) is 0 Å². The Labute approximate surface area is 138 Å².